The molecule has 0 bridgehead atoms. The van der Waals surface area contributed by atoms with Crippen molar-refractivity contribution >= 4 is 0 Å². The van der Waals surface area contributed by atoms with E-state index in [-0.39, 0.29) is 5.54 Å². The zero-order valence-corrected chi connectivity index (χ0v) is 13.4. The summed E-state index contributed by atoms with van der Waals surface area (Å²) in [6, 6.07) is 5.96. The fourth-order valence-corrected chi connectivity index (χ4v) is 1.99. The van der Waals surface area contributed by atoms with Crippen molar-refractivity contribution < 1.29 is 9.47 Å². The molecule has 0 saturated heterocycles. The number of ether oxygens (including phenoxy) is 2. The van der Waals surface area contributed by atoms with E-state index in [1.54, 1.807) is 14.2 Å². The molecule has 4 heteroatoms. The molecule has 0 heterocycles. The van der Waals surface area contributed by atoms with Gasteiger partial charge in [-0.2, -0.15) is 0 Å². The summed E-state index contributed by atoms with van der Waals surface area (Å²) in [5.41, 5.74) is 1.31. The van der Waals surface area contributed by atoms with Crippen molar-refractivity contribution in [1.82, 2.24) is 10.6 Å². The highest BCUT2D eigenvalue weighted by molar-refractivity contribution is 5.46. The Bertz CT molecular complexity index is 400. The van der Waals surface area contributed by atoms with E-state index in [9.17, 15) is 0 Å². The lowest BCUT2D eigenvalue weighted by Gasteiger charge is -2.20. The summed E-state index contributed by atoms with van der Waals surface area (Å²) in [6.45, 7) is 9.33. The monoisotopic (exact) mass is 280 g/mol. The summed E-state index contributed by atoms with van der Waals surface area (Å²) in [4.78, 5) is 0. The molecule has 0 unspecified atom stereocenters. The molecule has 0 atom stereocenters. The van der Waals surface area contributed by atoms with Crippen molar-refractivity contribution in [3.8, 4) is 11.5 Å². The minimum absolute atomic E-state index is 0.190. The SMILES string of the molecule is COc1cccc(CNCCCNC(C)(C)C)c1OC. The van der Waals surface area contributed by atoms with Gasteiger partial charge in [0.2, 0.25) is 0 Å². The van der Waals surface area contributed by atoms with Crippen molar-refractivity contribution in [2.75, 3.05) is 27.3 Å². The van der Waals surface area contributed by atoms with Crippen molar-refractivity contribution in [3.05, 3.63) is 23.8 Å². The van der Waals surface area contributed by atoms with Crippen LogP contribution in [0.1, 0.15) is 32.8 Å². The smallest absolute Gasteiger partial charge is 0.165 e. The first-order valence-corrected chi connectivity index (χ1v) is 7.13. The second-order valence-corrected chi connectivity index (χ2v) is 5.86. The highest BCUT2D eigenvalue weighted by Gasteiger charge is 2.09. The van der Waals surface area contributed by atoms with Crippen LogP contribution in [0.3, 0.4) is 0 Å². The number of hydrogen-bond donors (Lipinski definition) is 2. The summed E-state index contributed by atoms with van der Waals surface area (Å²) in [7, 11) is 3.34. The van der Waals surface area contributed by atoms with Gasteiger partial charge in [0.05, 0.1) is 14.2 Å². The van der Waals surface area contributed by atoms with E-state index in [1.165, 1.54) is 0 Å². The predicted octanol–water partition coefficient (Wildman–Crippen LogP) is 2.57. The third-order valence-corrected chi connectivity index (χ3v) is 2.99. The zero-order chi connectivity index (χ0) is 15.0. The van der Waals surface area contributed by atoms with Crippen LogP contribution in [0.5, 0.6) is 11.5 Å². The van der Waals surface area contributed by atoms with Crippen molar-refractivity contribution in [2.24, 2.45) is 0 Å². The van der Waals surface area contributed by atoms with Crippen LogP contribution in [0.2, 0.25) is 0 Å². The van der Waals surface area contributed by atoms with Gasteiger partial charge in [0.1, 0.15) is 0 Å². The molecule has 0 aliphatic carbocycles. The molecule has 0 amide bonds. The average molecular weight is 280 g/mol. The summed E-state index contributed by atoms with van der Waals surface area (Å²) in [6.07, 6.45) is 1.10. The third-order valence-electron chi connectivity index (χ3n) is 2.99. The summed E-state index contributed by atoms with van der Waals surface area (Å²) in [5.74, 6) is 1.59. The van der Waals surface area contributed by atoms with Crippen LogP contribution in [-0.2, 0) is 6.54 Å². The van der Waals surface area contributed by atoms with Crippen molar-refractivity contribution in [2.45, 2.75) is 39.3 Å². The fraction of sp³-hybridized carbons (Fsp3) is 0.625. The highest BCUT2D eigenvalue weighted by Crippen LogP contribution is 2.30. The normalized spacial score (nSPS) is 11.4. The summed E-state index contributed by atoms with van der Waals surface area (Å²) >= 11 is 0. The van der Waals surface area contributed by atoms with E-state index in [2.05, 4.69) is 37.5 Å². The van der Waals surface area contributed by atoms with Crippen LogP contribution < -0.4 is 20.1 Å². The standard InChI is InChI=1S/C16H28N2O2/c1-16(2,3)18-11-7-10-17-12-13-8-6-9-14(19-4)15(13)20-5/h6,8-9,17-18H,7,10-12H2,1-5H3. The van der Waals surface area contributed by atoms with Crippen LogP contribution in [-0.4, -0.2) is 32.8 Å². The highest BCUT2D eigenvalue weighted by atomic mass is 16.5. The summed E-state index contributed by atoms with van der Waals surface area (Å²) < 4.78 is 10.7. The second-order valence-electron chi connectivity index (χ2n) is 5.86. The largest absolute Gasteiger partial charge is 0.493 e. The summed E-state index contributed by atoms with van der Waals surface area (Å²) in [5, 5.41) is 6.92. The molecule has 1 aromatic rings. The van der Waals surface area contributed by atoms with Crippen LogP contribution >= 0.6 is 0 Å². The number of nitrogens with one attached hydrogen (secondary N) is 2. The van der Waals surface area contributed by atoms with Gasteiger partial charge in [0.25, 0.3) is 0 Å². The Morgan fingerprint density at radius 2 is 1.80 bits per heavy atom. The van der Waals surface area contributed by atoms with Gasteiger partial charge >= 0.3 is 0 Å². The zero-order valence-electron chi connectivity index (χ0n) is 13.4. The first-order chi connectivity index (χ1) is 9.48. The first-order valence-electron chi connectivity index (χ1n) is 7.13. The van der Waals surface area contributed by atoms with Crippen LogP contribution in [0.25, 0.3) is 0 Å². The molecule has 0 aromatic heterocycles. The lowest BCUT2D eigenvalue weighted by molar-refractivity contribution is 0.350. The molecular formula is C16H28N2O2. The van der Waals surface area contributed by atoms with Gasteiger partial charge in [-0.1, -0.05) is 12.1 Å². The van der Waals surface area contributed by atoms with Gasteiger partial charge in [-0.05, 0) is 46.3 Å². The molecule has 0 saturated carbocycles. The lowest BCUT2D eigenvalue weighted by Crippen LogP contribution is -2.37. The number of methoxy groups -OCH3 is 2. The van der Waals surface area contributed by atoms with Crippen LogP contribution in [0.15, 0.2) is 18.2 Å². The maximum absolute atomic E-state index is 5.41. The van der Waals surface area contributed by atoms with E-state index < -0.39 is 0 Å². The molecule has 0 aliphatic rings. The molecule has 0 radical (unpaired) electrons. The number of benzene rings is 1. The second kappa shape index (κ2) is 8.12. The number of hydrogen-bond acceptors (Lipinski definition) is 4. The molecule has 2 N–H and O–H groups in total. The van der Waals surface area contributed by atoms with E-state index in [4.69, 9.17) is 9.47 Å². The van der Waals surface area contributed by atoms with Gasteiger partial charge in [-0.25, -0.2) is 0 Å². The minimum Gasteiger partial charge on any atom is -0.493 e. The van der Waals surface area contributed by atoms with Gasteiger partial charge in [-0.15, -0.1) is 0 Å². The van der Waals surface area contributed by atoms with E-state index >= 15 is 0 Å². The Morgan fingerprint density at radius 3 is 2.40 bits per heavy atom. The molecule has 20 heavy (non-hydrogen) atoms. The van der Waals surface area contributed by atoms with E-state index in [0.717, 1.165) is 43.1 Å². The van der Waals surface area contributed by atoms with E-state index in [0.29, 0.717) is 0 Å². The maximum atomic E-state index is 5.41. The first kappa shape index (κ1) is 16.8. The fourth-order valence-electron chi connectivity index (χ4n) is 1.99. The minimum atomic E-state index is 0.190. The Kier molecular flexibility index (Phi) is 6.82. The van der Waals surface area contributed by atoms with Crippen molar-refractivity contribution in [1.29, 1.82) is 0 Å². The molecule has 1 rings (SSSR count). The molecule has 0 spiro atoms. The molecule has 4 nitrogen and oxygen atoms in total. The topological polar surface area (TPSA) is 42.5 Å². The Balaban J connectivity index is 2.35. The predicted molar refractivity (Wildman–Crippen MR) is 83.6 cm³/mol. The molecule has 0 fully saturated rings. The average Bonchev–Trinajstić information content (AvgIpc) is 2.40. The van der Waals surface area contributed by atoms with Gasteiger partial charge in [0.15, 0.2) is 11.5 Å². The molecule has 1 aromatic carbocycles. The van der Waals surface area contributed by atoms with Gasteiger partial charge < -0.3 is 20.1 Å². The van der Waals surface area contributed by atoms with Crippen LogP contribution in [0, 0.1) is 0 Å². The number of para-hydroxylation sites is 1. The van der Waals surface area contributed by atoms with Gasteiger partial charge in [0, 0.05) is 17.6 Å². The molecule has 0 aliphatic heterocycles. The Hall–Kier alpha value is -1.26. The quantitative estimate of drug-likeness (QED) is 0.718. The Labute approximate surface area is 122 Å². The third kappa shape index (κ3) is 5.80. The van der Waals surface area contributed by atoms with E-state index in [1.807, 2.05) is 12.1 Å². The number of rotatable bonds is 8. The van der Waals surface area contributed by atoms with Crippen molar-refractivity contribution in [3.63, 3.8) is 0 Å². The maximum Gasteiger partial charge on any atom is 0.165 e. The molecule has 114 valence electrons. The van der Waals surface area contributed by atoms with Gasteiger partial charge in [-0.3, -0.25) is 0 Å². The van der Waals surface area contributed by atoms with Crippen LogP contribution in [0.4, 0.5) is 0 Å². The molecular weight excluding hydrogens is 252 g/mol. The lowest BCUT2D eigenvalue weighted by atomic mass is 10.1. The Morgan fingerprint density at radius 1 is 1.05 bits per heavy atom.